The van der Waals surface area contributed by atoms with Crippen LogP contribution in [-0.2, 0) is 0 Å². The minimum atomic E-state index is -0.116. The highest BCUT2D eigenvalue weighted by molar-refractivity contribution is 6.58. The molecule has 0 aromatic carbocycles. The van der Waals surface area contributed by atoms with Crippen LogP contribution in [0.15, 0.2) is 0 Å². The van der Waals surface area contributed by atoms with Crippen molar-refractivity contribution in [2.45, 2.75) is 59.2 Å². The highest BCUT2D eigenvalue weighted by atomic mass is 14.8. The quantitative estimate of drug-likeness (QED) is 0.504. The molecule has 0 aromatic rings. The summed E-state index contributed by atoms with van der Waals surface area (Å²) in [6.45, 7) is 9.72. The third kappa shape index (κ3) is 12.6. The molecule has 0 bridgehead atoms. The molecule has 0 aromatic heterocycles. The van der Waals surface area contributed by atoms with Crippen molar-refractivity contribution in [3.05, 3.63) is 0 Å². The Balaban J connectivity index is 0. The molecule has 0 aliphatic heterocycles. The largest absolute Gasteiger partial charge is 0.316 e. The highest BCUT2D eigenvalue weighted by Gasteiger charge is 2.01. The lowest BCUT2D eigenvalue weighted by Gasteiger charge is -2.00. The Morgan fingerprint density at radius 1 is 0.917 bits per heavy atom. The molecular formula is C9H25BN2. The molecule has 0 saturated carbocycles. The van der Waals surface area contributed by atoms with E-state index in [1.807, 2.05) is 6.92 Å². The van der Waals surface area contributed by atoms with Gasteiger partial charge in [0.15, 0.2) is 0 Å². The van der Waals surface area contributed by atoms with E-state index in [0.717, 1.165) is 13.1 Å². The second kappa shape index (κ2) is 11.0. The molecule has 0 unspecified atom stereocenters. The lowest BCUT2D eigenvalue weighted by atomic mass is 9.44. The molecule has 0 fully saturated rings. The van der Waals surface area contributed by atoms with Gasteiger partial charge in [0.05, 0.1) is 6.17 Å². The van der Waals surface area contributed by atoms with Gasteiger partial charge in [0, 0.05) is 0 Å². The Morgan fingerprint density at radius 2 is 1.17 bits per heavy atom. The normalized spacial score (nSPS) is 9.25. The third-order valence-electron chi connectivity index (χ3n) is 2.20. The molecule has 0 radical (unpaired) electrons. The van der Waals surface area contributed by atoms with Crippen molar-refractivity contribution >= 4 is 6.71 Å². The van der Waals surface area contributed by atoms with E-state index < -0.39 is 0 Å². The molecule has 0 aliphatic rings. The maximum atomic E-state index is 5.07. The summed E-state index contributed by atoms with van der Waals surface area (Å²) in [5, 5.41) is 0. The molecule has 12 heavy (non-hydrogen) atoms. The summed E-state index contributed by atoms with van der Waals surface area (Å²) in [4.78, 5) is 0. The van der Waals surface area contributed by atoms with Crippen molar-refractivity contribution in [1.82, 2.24) is 0 Å². The topological polar surface area (TPSA) is 52.0 Å². The van der Waals surface area contributed by atoms with Gasteiger partial charge in [0.1, 0.15) is 6.71 Å². The summed E-state index contributed by atoms with van der Waals surface area (Å²) < 4.78 is 0. The Morgan fingerprint density at radius 3 is 1.17 bits per heavy atom. The molecule has 3 heteroatoms. The first kappa shape index (κ1) is 14.5. The summed E-state index contributed by atoms with van der Waals surface area (Å²) in [5.41, 5.74) is 10.1. The Bertz CT molecular complexity index is 67.4. The smallest absolute Gasteiger partial charge is 0.139 e. The van der Waals surface area contributed by atoms with Gasteiger partial charge in [0.2, 0.25) is 0 Å². The van der Waals surface area contributed by atoms with Gasteiger partial charge in [-0.2, -0.15) is 0 Å². The zero-order valence-electron chi connectivity index (χ0n) is 9.14. The van der Waals surface area contributed by atoms with E-state index in [2.05, 4.69) is 20.8 Å². The van der Waals surface area contributed by atoms with Crippen molar-refractivity contribution in [3.63, 3.8) is 0 Å². The van der Waals surface area contributed by atoms with Crippen LogP contribution in [0.25, 0.3) is 0 Å². The van der Waals surface area contributed by atoms with Crippen LogP contribution in [0.3, 0.4) is 0 Å². The Hall–Kier alpha value is -0.0151. The minimum absolute atomic E-state index is 0.116. The maximum absolute atomic E-state index is 5.07. The van der Waals surface area contributed by atoms with E-state index >= 15 is 0 Å². The lowest BCUT2D eigenvalue weighted by molar-refractivity contribution is 0.682. The van der Waals surface area contributed by atoms with Gasteiger partial charge in [-0.25, -0.2) is 0 Å². The first-order valence-electron chi connectivity index (χ1n) is 5.13. The van der Waals surface area contributed by atoms with Gasteiger partial charge in [0.25, 0.3) is 0 Å². The van der Waals surface area contributed by atoms with Crippen molar-refractivity contribution in [2.24, 2.45) is 11.5 Å². The van der Waals surface area contributed by atoms with Crippen molar-refractivity contribution < 1.29 is 0 Å². The molecule has 0 saturated heterocycles. The van der Waals surface area contributed by atoms with E-state index in [0.29, 0.717) is 0 Å². The summed E-state index contributed by atoms with van der Waals surface area (Å²) in [7, 11) is 0. The van der Waals surface area contributed by atoms with E-state index in [-0.39, 0.29) is 6.17 Å². The van der Waals surface area contributed by atoms with Crippen molar-refractivity contribution in [3.8, 4) is 0 Å². The number of nitrogens with two attached hydrogens (primary N) is 2. The highest BCUT2D eigenvalue weighted by Crippen LogP contribution is 2.01. The van der Waals surface area contributed by atoms with Gasteiger partial charge in [-0.15, -0.1) is 0 Å². The SMILES string of the molecule is CCB(CC)CC.CCC(N)N. The molecular weight excluding hydrogens is 147 g/mol. The van der Waals surface area contributed by atoms with E-state index in [9.17, 15) is 0 Å². The average molecular weight is 172 g/mol. The Kier molecular flexibility index (Phi) is 13.3. The van der Waals surface area contributed by atoms with E-state index in [4.69, 9.17) is 11.5 Å². The predicted molar refractivity (Wildman–Crippen MR) is 59.7 cm³/mol. The molecule has 0 spiro atoms. The average Bonchev–Trinajstić information content (AvgIpc) is 2.09. The number of rotatable bonds is 4. The fourth-order valence-corrected chi connectivity index (χ4v) is 0.866. The fourth-order valence-electron chi connectivity index (χ4n) is 0.866. The fraction of sp³-hybridized carbons (Fsp3) is 1.00. The second-order valence-corrected chi connectivity index (χ2v) is 3.16. The molecule has 74 valence electrons. The van der Waals surface area contributed by atoms with Gasteiger partial charge >= 0.3 is 0 Å². The standard InChI is InChI=1S/C6H15B.C3H10N2/c1-4-7(5-2)6-3;1-2-3(4)5/h4-6H2,1-3H3;3H,2,4-5H2,1H3. The second-order valence-electron chi connectivity index (χ2n) is 3.16. The van der Waals surface area contributed by atoms with Crippen LogP contribution >= 0.6 is 0 Å². The number of hydrogen-bond donors (Lipinski definition) is 2. The Labute approximate surface area is 78.2 Å². The third-order valence-corrected chi connectivity index (χ3v) is 2.20. The van der Waals surface area contributed by atoms with Crippen LogP contribution in [0.1, 0.15) is 34.1 Å². The molecule has 0 heterocycles. The summed E-state index contributed by atoms with van der Waals surface area (Å²) in [6.07, 6.45) is 4.81. The van der Waals surface area contributed by atoms with Gasteiger partial charge in [-0.1, -0.05) is 46.7 Å². The van der Waals surface area contributed by atoms with Gasteiger partial charge in [-0.3, -0.25) is 0 Å². The lowest BCUT2D eigenvalue weighted by Crippen LogP contribution is -2.28. The van der Waals surface area contributed by atoms with Crippen molar-refractivity contribution in [1.29, 1.82) is 0 Å². The summed E-state index contributed by atoms with van der Waals surface area (Å²) in [6, 6.07) is 0. The van der Waals surface area contributed by atoms with Crippen LogP contribution in [0, 0.1) is 0 Å². The van der Waals surface area contributed by atoms with Gasteiger partial charge in [-0.05, 0) is 6.42 Å². The van der Waals surface area contributed by atoms with E-state index in [1.165, 1.54) is 19.0 Å². The number of hydrogen-bond acceptors (Lipinski definition) is 2. The van der Waals surface area contributed by atoms with Crippen LogP contribution < -0.4 is 11.5 Å². The molecule has 0 aliphatic carbocycles. The summed E-state index contributed by atoms with van der Waals surface area (Å²) in [5.74, 6) is 0. The molecule has 2 nitrogen and oxygen atoms in total. The molecule has 4 N–H and O–H groups in total. The predicted octanol–water partition coefficient (Wildman–Crippen LogP) is 2.18. The van der Waals surface area contributed by atoms with E-state index in [1.54, 1.807) is 0 Å². The first-order chi connectivity index (χ1) is 5.62. The van der Waals surface area contributed by atoms with Crippen LogP contribution in [0.5, 0.6) is 0 Å². The minimum Gasteiger partial charge on any atom is -0.316 e. The maximum Gasteiger partial charge on any atom is 0.139 e. The van der Waals surface area contributed by atoms with Crippen molar-refractivity contribution in [2.75, 3.05) is 0 Å². The molecule has 0 atom stereocenters. The van der Waals surface area contributed by atoms with Crippen LogP contribution in [0.2, 0.25) is 19.0 Å². The zero-order chi connectivity index (χ0) is 9.98. The monoisotopic (exact) mass is 172 g/mol. The van der Waals surface area contributed by atoms with Crippen LogP contribution in [0.4, 0.5) is 0 Å². The van der Waals surface area contributed by atoms with Gasteiger partial charge < -0.3 is 11.5 Å². The van der Waals surface area contributed by atoms with Crippen LogP contribution in [-0.4, -0.2) is 12.9 Å². The molecule has 0 amide bonds. The molecule has 0 rings (SSSR count). The first-order valence-corrected chi connectivity index (χ1v) is 5.13. The summed E-state index contributed by atoms with van der Waals surface area (Å²) >= 11 is 0. The zero-order valence-corrected chi connectivity index (χ0v) is 9.14.